The Kier molecular flexibility index (Phi) is 3.17. The van der Waals surface area contributed by atoms with E-state index in [1.807, 2.05) is 39.0 Å². The van der Waals surface area contributed by atoms with Gasteiger partial charge in [0.2, 0.25) is 0 Å². The van der Waals surface area contributed by atoms with Crippen LogP contribution in [-0.2, 0) is 4.79 Å². The quantitative estimate of drug-likeness (QED) is 0.762. The average Bonchev–Trinajstić information content (AvgIpc) is 2.23. The number of anilines is 1. The summed E-state index contributed by atoms with van der Waals surface area (Å²) in [5.41, 5.74) is 2.08. The molecule has 0 bridgehead atoms. The van der Waals surface area contributed by atoms with Crippen molar-refractivity contribution in [3.8, 4) is 0 Å². The lowest BCUT2D eigenvalue weighted by atomic mass is 9.81. The van der Waals surface area contributed by atoms with E-state index < -0.39 is 0 Å². The van der Waals surface area contributed by atoms with Crippen LogP contribution in [0.15, 0.2) is 18.2 Å². The van der Waals surface area contributed by atoms with Crippen molar-refractivity contribution in [2.45, 2.75) is 27.2 Å². The monoisotopic (exact) mass is 251 g/mol. The highest BCUT2D eigenvalue weighted by molar-refractivity contribution is 6.30. The zero-order valence-electron chi connectivity index (χ0n) is 10.6. The number of piperidine rings is 1. The number of aryl methyl sites for hydroxylation is 1. The van der Waals surface area contributed by atoms with Crippen LogP contribution in [0.3, 0.4) is 0 Å². The molecule has 2 rings (SSSR count). The summed E-state index contributed by atoms with van der Waals surface area (Å²) in [5, 5.41) is 0.745. The van der Waals surface area contributed by atoms with Crippen molar-refractivity contribution in [2.24, 2.45) is 5.41 Å². The van der Waals surface area contributed by atoms with Crippen LogP contribution in [0.2, 0.25) is 5.02 Å². The van der Waals surface area contributed by atoms with Gasteiger partial charge in [0, 0.05) is 22.7 Å². The SMILES string of the molecule is Cc1cc(Cl)ccc1N1CCC(C)(C)C(=O)C1. The van der Waals surface area contributed by atoms with Gasteiger partial charge in [-0.2, -0.15) is 0 Å². The number of nitrogens with zero attached hydrogens (tertiary/aromatic N) is 1. The smallest absolute Gasteiger partial charge is 0.157 e. The Labute approximate surface area is 108 Å². The Morgan fingerprint density at radius 2 is 2.06 bits per heavy atom. The van der Waals surface area contributed by atoms with E-state index >= 15 is 0 Å². The van der Waals surface area contributed by atoms with E-state index in [4.69, 9.17) is 11.6 Å². The molecule has 1 saturated heterocycles. The van der Waals surface area contributed by atoms with Crippen LogP contribution in [0.1, 0.15) is 25.8 Å². The van der Waals surface area contributed by atoms with Crippen LogP contribution in [0, 0.1) is 12.3 Å². The maximum Gasteiger partial charge on any atom is 0.157 e. The predicted octanol–water partition coefficient (Wildman–Crippen LogP) is 3.45. The molecule has 0 spiro atoms. The second-order valence-corrected chi connectivity index (χ2v) is 5.85. The molecule has 1 aromatic rings. The maximum absolute atomic E-state index is 12.0. The van der Waals surface area contributed by atoms with E-state index in [-0.39, 0.29) is 5.41 Å². The van der Waals surface area contributed by atoms with Crippen LogP contribution < -0.4 is 4.90 Å². The summed E-state index contributed by atoms with van der Waals surface area (Å²) < 4.78 is 0. The van der Waals surface area contributed by atoms with E-state index in [1.165, 1.54) is 0 Å². The standard InChI is InChI=1S/C14H18ClNO/c1-10-8-11(15)4-5-12(10)16-7-6-14(2,3)13(17)9-16/h4-5,8H,6-7,9H2,1-3H3. The van der Waals surface area contributed by atoms with Gasteiger partial charge in [-0.15, -0.1) is 0 Å². The molecule has 0 amide bonds. The van der Waals surface area contributed by atoms with Gasteiger partial charge >= 0.3 is 0 Å². The van der Waals surface area contributed by atoms with Gasteiger partial charge in [0.25, 0.3) is 0 Å². The molecule has 0 unspecified atom stereocenters. The van der Waals surface area contributed by atoms with Crippen molar-refractivity contribution in [3.05, 3.63) is 28.8 Å². The third kappa shape index (κ3) is 2.47. The maximum atomic E-state index is 12.0. The Morgan fingerprint density at radius 1 is 1.35 bits per heavy atom. The van der Waals surface area contributed by atoms with E-state index in [2.05, 4.69) is 4.90 Å². The fourth-order valence-electron chi connectivity index (χ4n) is 2.20. The van der Waals surface area contributed by atoms with Crippen molar-refractivity contribution in [1.82, 2.24) is 0 Å². The summed E-state index contributed by atoms with van der Waals surface area (Å²) in [6, 6.07) is 5.83. The summed E-state index contributed by atoms with van der Waals surface area (Å²) in [4.78, 5) is 14.2. The first-order valence-corrected chi connectivity index (χ1v) is 6.32. The van der Waals surface area contributed by atoms with E-state index in [0.29, 0.717) is 12.3 Å². The number of carbonyl (C=O) groups is 1. The van der Waals surface area contributed by atoms with Crippen molar-refractivity contribution in [2.75, 3.05) is 18.0 Å². The highest BCUT2D eigenvalue weighted by Crippen LogP contribution is 2.31. The van der Waals surface area contributed by atoms with Gasteiger partial charge in [0.05, 0.1) is 6.54 Å². The Bertz CT molecular complexity index is 454. The molecule has 17 heavy (non-hydrogen) atoms. The molecule has 0 saturated carbocycles. The molecule has 0 atom stereocenters. The molecule has 0 aromatic heterocycles. The molecule has 1 fully saturated rings. The molecule has 3 heteroatoms. The molecular formula is C14H18ClNO. The summed E-state index contributed by atoms with van der Waals surface area (Å²) in [6.07, 6.45) is 0.911. The number of carbonyl (C=O) groups excluding carboxylic acids is 1. The van der Waals surface area contributed by atoms with Crippen LogP contribution in [0.5, 0.6) is 0 Å². The molecule has 1 aliphatic heterocycles. The minimum atomic E-state index is -0.170. The second-order valence-electron chi connectivity index (χ2n) is 5.41. The molecule has 1 aliphatic rings. The van der Waals surface area contributed by atoms with Gasteiger partial charge in [0.15, 0.2) is 5.78 Å². The summed E-state index contributed by atoms with van der Waals surface area (Å²) in [6.45, 7) is 7.53. The third-order valence-electron chi connectivity index (χ3n) is 3.60. The predicted molar refractivity (Wildman–Crippen MR) is 71.8 cm³/mol. The van der Waals surface area contributed by atoms with Crippen LogP contribution in [-0.4, -0.2) is 18.9 Å². The van der Waals surface area contributed by atoms with Crippen LogP contribution in [0.25, 0.3) is 0 Å². The highest BCUT2D eigenvalue weighted by Gasteiger charge is 2.33. The summed E-state index contributed by atoms with van der Waals surface area (Å²) in [5.74, 6) is 0.318. The van der Waals surface area contributed by atoms with Crippen LogP contribution >= 0.6 is 11.6 Å². The van der Waals surface area contributed by atoms with Crippen LogP contribution in [0.4, 0.5) is 5.69 Å². The second kappa shape index (κ2) is 4.34. The van der Waals surface area contributed by atoms with E-state index in [1.54, 1.807) is 0 Å². The van der Waals surface area contributed by atoms with Gasteiger partial charge < -0.3 is 4.90 Å². The lowest BCUT2D eigenvalue weighted by molar-refractivity contribution is -0.127. The first-order chi connectivity index (χ1) is 7.90. The summed E-state index contributed by atoms with van der Waals surface area (Å²) >= 11 is 5.94. The minimum Gasteiger partial charge on any atom is -0.364 e. The molecule has 92 valence electrons. The molecule has 2 nitrogen and oxygen atoms in total. The highest BCUT2D eigenvalue weighted by atomic mass is 35.5. The van der Waals surface area contributed by atoms with Crippen molar-refractivity contribution >= 4 is 23.1 Å². The van der Waals surface area contributed by atoms with E-state index in [0.717, 1.165) is 29.2 Å². The Hall–Kier alpha value is -1.02. The molecule has 1 aromatic carbocycles. The topological polar surface area (TPSA) is 20.3 Å². The number of hydrogen-bond acceptors (Lipinski definition) is 2. The minimum absolute atomic E-state index is 0.170. The number of Topliss-reactive ketones (excluding diaryl/α,β-unsaturated/α-hetero) is 1. The van der Waals surface area contributed by atoms with Gasteiger partial charge in [-0.25, -0.2) is 0 Å². The van der Waals surface area contributed by atoms with E-state index in [9.17, 15) is 4.79 Å². The largest absolute Gasteiger partial charge is 0.364 e. The molecular weight excluding hydrogens is 234 g/mol. The molecule has 1 heterocycles. The van der Waals surface area contributed by atoms with Gasteiger partial charge in [-0.05, 0) is 37.1 Å². The lowest BCUT2D eigenvalue weighted by Crippen LogP contribution is -2.45. The molecule has 0 radical (unpaired) electrons. The zero-order valence-corrected chi connectivity index (χ0v) is 11.3. The van der Waals surface area contributed by atoms with Crippen molar-refractivity contribution in [1.29, 1.82) is 0 Å². The fraction of sp³-hybridized carbons (Fsp3) is 0.500. The Morgan fingerprint density at radius 3 is 2.65 bits per heavy atom. The number of halogens is 1. The molecule has 0 N–H and O–H groups in total. The summed E-state index contributed by atoms with van der Waals surface area (Å²) in [7, 11) is 0. The third-order valence-corrected chi connectivity index (χ3v) is 3.83. The number of rotatable bonds is 1. The van der Waals surface area contributed by atoms with Gasteiger partial charge in [-0.3, -0.25) is 4.79 Å². The fourth-order valence-corrected chi connectivity index (χ4v) is 2.43. The number of ketones is 1. The van der Waals surface area contributed by atoms with Crippen molar-refractivity contribution in [3.63, 3.8) is 0 Å². The number of hydrogen-bond donors (Lipinski definition) is 0. The number of benzene rings is 1. The normalized spacial score (nSPS) is 19.5. The van der Waals surface area contributed by atoms with Gasteiger partial charge in [-0.1, -0.05) is 25.4 Å². The lowest BCUT2D eigenvalue weighted by Gasteiger charge is -2.37. The Balaban J connectivity index is 2.22. The molecule has 0 aliphatic carbocycles. The van der Waals surface area contributed by atoms with Gasteiger partial charge in [0.1, 0.15) is 0 Å². The zero-order chi connectivity index (χ0) is 12.6. The average molecular weight is 252 g/mol. The first-order valence-electron chi connectivity index (χ1n) is 5.94. The van der Waals surface area contributed by atoms with Crippen molar-refractivity contribution < 1.29 is 4.79 Å². The first kappa shape index (κ1) is 12.4.